The third-order valence-electron chi connectivity index (χ3n) is 4.90. The van der Waals surface area contributed by atoms with Crippen molar-refractivity contribution < 1.29 is 14.3 Å². The van der Waals surface area contributed by atoms with Gasteiger partial charge in [0, 0.05) is 36.1 Å². The molecule has 1 aliphatic heterocycles. The second-order valence-corrected chi connectivity index (χ2v) is 7.86. The lowest BCUT2D eigenvalue weighted by molar-refractivity contribution is -0.132. The van der Waals surface area contributed by atoms with Crippen LogP contribution in [0.25, 0.3) is 0 Å². The number of para-hydroxylation sites is 1. The number of halogens is 2. The molecule has 1 aliphatic rings. The van der Waals surface area contributed by atoms with E-state index < -0.39 is 0 Å². The standard InChI is InChI=1S/C22H24Cl2N2O3/c23-17-6-3-5-16(15-17)22(28)25-18-10-12-26(13-11-18)21(27)9-4-14-29-20-8-2-1-7-19(20)24/h1-3,5-8,15,18H,4,9-14H2,(H,25,28). The van der Waals surface area contributed by atoms with Crippen LogP contribution in [0.5, 0.6) is 5.75 Å². The Morgan fingerprint density at radius 2 is 1.83 bits per heavy atom. The fourth-order valence-electron chi connectivity index (χ4n) is 3.30. The van der Waals surface area contributed by atoms with Gasteiger partial charge in [0.25, 0.3) is 5.91 Å². The van der Waals surface area contributed by atoms with Gasteiger partial charge in [0.2, 0.25) is 5.91 Å². The van der Waals surface area contributed by atoms with Gasteiger partial charge < -0.3 is 15.0 Å². The Balaban J connectivity index is 1.36. The molecule has 0 bridgehead atoms. The minimum Gasteiger partial charge on any atom is -0.492 e. The van der Waals surface area contributed by atoms with Crippen LogP contribution in [0.2, 0.25) is 10.0 Å². The summed E-state index contributed by atoms with van der Waals surface area (Å²) in [4.78, 5) is 26.6. The normalized spacial score (nSPS) is 14.5. The second-order valence-electron chi connectivity index (χ2n) is 7.02. The van der Waals surface area contributed by atoms with Crippen LogP contribution in [-0.4, -0.2) is 42.5 Å². The maximum atomic E-state index is 12.4. The molecule has 3 rings (SSSR count). The Labute approximate surface area is 180 Å². The van der Waals surface area contributed by atoms with Crippen molar-refractivity contribution in [3.8, 4) is 5.75 Å². The molecule has 0 unspecified atom stereocenters. The summed E-state index contributed by atoms with van der Waals surface area (Å²) in [7, 11) is 0. The molecule has 154 valence electrons. The van der Waals surface area contributed by atoms with E-state index in [9.17, 15) is 9.59 Å². The number of ether oxygens (including phenoxy) is 1. The number of rotatable bonds is 7. The Bertz CT molecular complexity index is 851. The van der Waals surface area contributed by atoms with Crippen LogP contribution in [0.4, 0.5) is 0 Å². The van der Waals surface area contributed by atoms with Gasteiger partial charge >= 0.3 is 0 Å². The number of likely N-dealkylation sites (tertiary alicyclic amines) is 1. The van der Waals surface area contributed by atoms with Crippen molar-refractivity contribution in [2.24, 2.45) is 0 Å². The zero-order valence-corrected chi connectivity index (χ0v) is 17.6. The predicted molar refractivity (Wildman–Crippen MR) is 115 cm³/mol. The molecule has 1 fully saturated rings. The third-order valence-corrected chi connectivity index (χ3v) is 5.45. The molecule has 0 atom stereocenters. The van der Waals surface area contributed by atoms with E-state index in [2.05, 4.69) is 5.32 Å². The van der Waals surface area contributed by atoms with E-state index in [4.69, 9.17) is 27.9 Å². The number of amides is 2. The quantitative estimate of drug-likeness (QED) is 0.648. The number of piperidine rings is 1. The van der Waals surface area contributed by atoms with Crippen molar-refractivity contribution in [3.05, 3.63) is 64.1 Å². The maximum Gasteiger partial charge on any atom is 0.251 e. The molecule has 7 heteroatoms. The van der Waals surface area contributed by atoms with Crippen LogP contribution in [0.1, 0.15) is 36.0 Å². The Kier molecular flexibility index (Phi) is 7.78. The van der Waals surface area contributed by atoms with Crippen molar-refractivity contribution in [1.29, 1.82) is 0 Å². The lowest BCUT2D eigenvalue weighted by Crippen LogP contribution is -2.46. The van der Waals surface area contributed by atoms with Crippen molar-refractivity contribution in [3.63, 3.8) is 0 Å². The molecule has 0 aromatic heterocycles. The number of carbonyl (C=O) groups is 2. The molecule has 2 aromatic carbocycles. The molecule has 2 amide bonds. The van der Waals surface area contributed by atoms with Crippen LogP contribution in [-0.2, 0) is 4.79 Å². The van der Waals surface area contributed by atoms with Crippen LogP contribution in [0.3, 0.4) is 0 Å². The molecule has 1 N–H and O–H groups in total. The van der Waals surface area contributed by atoms with Crippen LogP contribution in [0.15, 0.2) is 48.5 Å². The molecular weight excluding hydrogens is 411 g/mol. The van der Waals surface area contributed by atoms with Gasteiger partial charge in [-0.05, 0) is 49.6 Å². The van der Waals surface area contributed by atoms with E-state index in [0.29, 0.717) is 53.9 Å². The minimum atomic E-state index is -0.131. The number of carbonyl (C=O) groups excluding carboxylic acids is 2. The van der Waals surface area contributed by atoms with E-state index in [1.165, 1.54) is 0 Å². The number of benzene rings is 2. The molecule has 5 nitrogen and oxygen atoms in total. The van der Waals surface area contributed by atoms with E-state index in [1.807, 2.05) is 23.1 Å². The highest BCUT2D eigenvalue weighted by Gasteiger charge is 2.24. The minimum absolute atomic E-state index is 0.0640. The van der Waals surface area contributed by atoms with Gasteiger partial charge in [-0.3, -0.25) is 9.59 Å². The number of nitrogens with one attached hydrogen (secondary N) is 1. The van der Waals surface area contributed by atoms with Crippen molar-refractivity contribution in [1.82, 2.24) is 10.2 Å². The fraction of sp³-hybridized carbons (Fsp3) is 0.364. The van der Waals surface area contributed by atoms with Gasteiger partial charge in [-0.1, -0.05) is 41.4 Å². The average molecular weight is 435 g/mol. The zero-order valence-electron chi connectivity index (χ0n) is 16.1. The molecule has 1 heterocycles. The fourth-order valence-corrected chi connectivity index (χ4v) is 3.68. The monoisotopic (exact) mass is 434 g/mol. The highest BCUT2D eigenvalue weighted by atomic mass is 35.5. The van der Waals surface area contributed by atoms with Gasteiger partial charge in [0.15, 0.2) is 0 Å². The Hall–Kier alpha value is -2.24. The van der Waals surface area contributed by atoms with E-state index in [-0.39, 0.29) is 17.9 Å². The summed E-state index contributed by atoms with van der Waals surface area (Å²) in [6.45, 7) is 1.73. The summed E-state index contributed by atoms with van der Waals surface area (Å²) < 4.78 is 5.63. The molecule has 0 aliphatic carbocycles. The molecule has 2 aromatic rings. The van der Waals surface area contributed by atoms with Crippen molar-refractivity contribution in [2.45, 2.75) is 31.7 Å². The molecule has 1 saturated heterocycles. The second kappa shape index (κ2) is 10.5. The molecule has 0 spiro atoms. The van der Waals surface area contributed by atoms with E-state index in [1.54, 1.807) is 30.3 Å². The van der Waals surface area contributed by atoms with Crippen molar-refractivity contribution in [2.75, 3.05) is 19.7 Å². The first-order valence-electron chi connectivity index (χ1n) is 9.74. The van der Waals surface area contributed by atoms with Gasteiger partial charge in [-0.15, -0.1) is 0 Å². The van der Waals surface area contributed by atoms with Gasteiger partial charge in [-0.2, -0.15) is 0 Å². The number of hydrogen-bond acceptors (Lipinski definition) is 3. The van der Waals surface area contributed by atoms with Crippen LogP contribution < -0.4 is 10.1 Å². The lowest BCUT2D eigenvalue weighted by atomic mass is 10.0. The lowest BCUT2D eigenvalue weighted by Gasteiger charge is -2.32. The molecule has 0 radical (unpaired) electrons. The highest BCUT2D eigenvalue weighted by molar-refractivity contribution is 6.32. The predicted octanol–water partition coefficient (Wildman–Crippen LogP) is 4.57. The SMILES string of the molecule is O=C(NC1CCN(C(=O)CCCOc2ccccc2Cl)CC1)c1cccc(Cl)c1. The van der Waals surface area contributed by atoms with E-state index in [0.717, 1.165) is 12.8 Å². The summed E-state index contributed by atoms with van der Waals surface area (Å²) in [5, 5.41) is 4.14. The largest absolute Gasteiger partial charge is 0.492 e. The summed E-state index contributed by atoms with van der Waals surface area (Å²) >= 11 is 12.0. The summed E-state index contributed by atoms with van der Waals surface area (Å²) in [5.74, 6) is 0.624. The first kappa shape index (κ1) is 21.5. The van der Waals surface area contributed by atoms with Crippen LogP contribution >= 0.6 is 23.2 Å². The summed E-state index contributed by atoms with van der Waals surface area (Å²) in [5.41, 5.74) is 0.550. The summed E-state index contributed by atoms with van der Waals surface area (Å²) in [6, 6.07) is 14.3. The molecular formula is C22H24Cl2N2O3. The first-order valence-corrected chi connectivity index (χ1v) is 10.5. The van der Waals surface area contributed by atoms with Crippen LogP contribution in [0, 0.1) is 0 Å². The molecule has 0 saturated carbocycles. The molecule has 29 heavy (non-hydrogen) atoms. The average Bonchev–Trinajstić information content (AvgIpc) is 2.73. The van der Waals surface area contributed by atoms with Gasteiger partial charge in [0.05, 0.1) is 11.6 Å². The van der Waals surface area contributed by atoms with E-state index >= 15 is 0 Å². The first-order chi connectivity index (χ1) is 14.0. The summed E-state index contributed by atoms with van der Waals surface area (Å²) in [6.07, 6.45) is 2.56. The Morgan fingerprint density at radius 3 is 2.55 bits per heavy atom. The van der Waals surface area contributed by atoms with Gasteiger partial charge in [-0.25, -0.2) is 0 Å². The van der Waals surface area contributed by atoms with Gasteiger partial charge in [0.1, 0.15) is 5.75 Å². The maximum absolute atomic E-state index is 12.4. The smallest absolute Gasteiger partial charge is 0.251 e. The highest BCUT2D eigenvalue weighted by Crippen LogP contribution is 2.23. The zero-order chi connectivity index (χ0) is 20.6. The Morgan fingerprint density at radius 1 is 1.07 bits per heavy atom. The number of nitrogens with zero attached hydrogens (tertiary/aromatic N) is 1. The number of hydrogen-bond donors (Lipinski definition) is 1. The third kappa shape index (κ3) is 6.38. The van der Waals surface area contributed by atoms with Crippen molar-refractivity contribution >= 4 is 35.0 Å². The topological polar surface area (TPSA) is 58.6 Å².